The first kappa shape index (κ1) is 8.06. The summed E-state index contributed by atoms with van der Waals surface area (Å²) in [4.78, 5) is 0. The van der Waals surface area contributed by atoms with Gasteiger partial charge in [0.15, 0.2) is 0 Å². The molecule has 0 saturated heterocycles. The Hall–Kier alpha value is -0.560. The van der Waals surface area contributed by atoms with Crippen molar-refractivity contribution < 1.29 is 0 Å². The number of rotatable bonds is 0. The van der Waals surface area contributed by atoms with Crippen molar-refractivity contribution in [3.05, 3.63) is 38.9 Å². The maximum atomic E-state index is 3.58. The summed E-state index contributed by atoms with van der Waals surface area (Å²) >= 11 is 3.58. The Kier molecular flexibility index (Phi) is 1.84. The van der Waals surface area contributed by atoms with Crippen molar-refractivity contribution in [3.8, 4) is 0 Å². The van der Waals surface area contributed by atoms with Gasteiger partial charge >= 0.3 is 0 Å². The molecule has 0 fully saturated rings. The SMILES string of the molecule is Cc1cc(Br)c2c(c1C)CC=C2. The average Bonchev–Trinajstić information content (AvgIpc) is 2.48. The second kappa shape index (κ2) is 2.74. The summed E-state index contributed by atoms with van der Waals surface area (Å²) in [7, 11) is 0. The van der Waals surface area contributed by atoms with Crippen LogP contribution in [0, 0.1) is 13.8 Å². The molecule has 0 saturated carbocycles. The summed E-state index contributed by atoms with van der Waals surface area (Å²) in [6, 6.07) is 2.20. The highest BCUT2D eigenvalue weighted by atomic mass is 79.9. The van der Waals surface area contributed by atoms with E-state index in [4.69, 9.17) is 0 Å². The minimum Gasteiger partial charge on any atom is -0.0795 e. The van der Waals surface area contributed by atoms with Crippen molar-refractivity contribution in [1.82, 2.24) is 0 Å². The number of aryl methyl sites for hydroxylation is 1. The largest absolute Gasteiger partial charge is 0.0795 e. The molecule has 1 heteroatoms. The smallest absolute Gasteiger partial charge is 0.0253 e. The summed E-state index contributed by atoms with van der Waals surface area (Å²) in [5, 5.41) is 0. The molecule has 0 atom stereocenters. The normalized spacial score (nSPS) is 13.6. The first-order valence-corrected chi connectivity index (χ1v) is 4.94. The molecule has 0 spiro atoms. The fourth-order valence-electron chi connectivity index (χ4n) is 1.70. The van der Waals surface area contributed by atoms with Crippen LogP contribution >= 0.6 is 15.9 Å². The molecule has 0 nitrogen and oxygen atoms in total. The number of hydrogen-bond acceptors (Lipinski definition) is 0. The minimum atomic E-state index is 1.10. The van der Waals surface area contributed by atoms with Gasteiger partial charge in [-0.2, -0.15) is 0 Å². The van der Waals surface area contributed by atoms with Gasteiger partial charge in [0.05, 0.1) is 0 Å². The van der Waals surface area contributed by atoms with Crippen LogP contribution in [0.4, 0.5) is 0 Å². The Balaban J connectivity index is 2.74. The third-order valence-corrected chi connectivity index (χ3v) is 3.23. The molecular weight excluding hydrogens is 212 g/mol. The van der Waals surface area contributed by atoms with Crippen molar-refractivity contribution in [1.29, 1.82) is 0 Å². The quantitative estimate of drug-likeness (QED) is 0.629. The molecule has 12 heavy (non-hydrogen) atoms. The van der Waals surface area contributed by atoms with Crippen LogP contribution in [0.1, 0.15) is 22.3 Å². The monoisotopic (exact) mass is 222 g/mol. The van der Waals surface area contributed by atoms with Crippen LogP contribution < -0.4 is 0 Å². The van der Waals surface area contributed by atoms with Gasteiger partial charge in [0.25, 0.3) is 0 Å². The molecule has 0 amide bonds. The van der Waals surface area contributed by atoms with Gasteiger partial charge in [-0.15, -0.1) is 0 Å². The van der Waals surface area contributed by atoms with E-state index in [1.165, 1.54) is 26.7 Å². The fourth-order valence-corrected chi connectivity index (χ4v) is 2.41. The number of hydrogen-bond donors (Lipinski definition) is 0. The highest BCUT2D eigenvalue weighted by molar-refractivity contribution is 9.10. The van der Waals surface area contributed by atoms with E-state index in [2.05, 4.69) is 48.0 Å². The summed E-state index contributed by atoms with van der Waals surface area (Å²) in [5.74, 6) is 0. The van der Waals surface area contributed by atoms with E-state index >= 15 is 0 Å². The van der Waals surface area contributed by atoms with E-state index in [-0.39, 0.29) is 0 Å². The van der Waals surface area contributed by atoms with Crippen LogP contribution in [0.25, 0.3) is 6.08 Å². The lowest BCUT2D eigenvalue weighted by Gasteiger charge is -2.09. The van der Waals surface area contributed by atoms with Gasteiger partial charge in [0.2, 0.25) is 0 Å². The second-order valence-electron chi connectivity index (χ2n) is 3.30. The third kappa shape index (κ3) is 1.04. The minimum absolute atomic E-state index is 1.10. The van der Waals surface area contributed by atoms with Gasteiger partial charge in [-0.25, -0.2) is 0 Å². The zero-order chi connectivity index (χ0) is 8.72. The summed E-state index contributed by atoms with van der Waals surface area (Å²) < 4.78 is 1.23. The van der Waals surface area contributed by atoms with Crippen molar-refractivity contribution >= 4 is 22.0 Å². The molecule has 0 radical (unpaired) electrons. The molecule has 1 aromatic carbocycles. The molecule has 0 unspecified atom stereocenters. The highest BCUT2D eigenvalue weighted by Crippen LogP contribution is 2.31. The van der Waals surface area contributed by atoms with Crippen LogP contribution in [0.2, 0.25) is 0 Å². The topological polar surface area (TPSA) is 0 Å². The summed E-state index contributed by atoms with van der Waals surface area (Å²) in [5.41, 5.74) is 5.68. The fraction of sp³-hybridized carbons (Fsp3) is 0.273. The predicted octanol–water partition coefficient (Wildman–Crippen LogP) is 3.64. The van der Waals surface area contributed by atoms with Crippen molar-refractivity contribution in [3.63, 3.8) is 0 Å². The molecule has 0 aromatic heterocycles. The first-order chi connectivity index (χ1) is 5.70. The lowest BCUT2D eigenvalue weighted by atomic mass is 9.99. The van der Waals surface area contributed by atoms with Gasteiger partial charge in [0.1, 0.15) is 0 Å². The van der Waals surface area contributed by atoms with Gasteiger partial charge in [-0.1, -0.05) is 28.1 Å². The molecule has 1 aliphatic rings. The van der Waals surface area contributed by atoms with Crippen LogP contribution in [-0.2, 0) is 6.42 Å². The Morgan fingerprint density at radius 3 is 2.83 bits per heavy atom. The first-order valence-electron chi connectivity index (χ1n) is 4.15. The molecule has 0 heterocycles. The molecule has 62 valence electrons. The molecule has 0 aliphatic heterocycles. The van der Waals surface area contributed by atoms with Crippen LogP contribution in [-0.4, -0.2) is 0 Å². The second-order valence-corrected chi connectivity index (χ2v) is 4.15. The van der Waals surface area contributed by atoms with Crippen molar-refractivity contribution in [2.75, 3.05) is 0 Å². The Morgan fingerprint density at radius 2 is 2.08 bits per heavy atom. The van der Waals surface area contributed by atoms with Crippen LogP contribution in [0.5, 0.6) is 0 Å². The van der Waals surface area contributed by atoms with Crippen LogP contribution in [0.15, 0.2) is 16.6 Å². The number of halogens is 1. The van der Waals surface area contributed by atoms with Crippen molar-refractivity contribution in [2.24, 2.45) is 0 Å². The van der Waals surface area contributed by atoms with E-state index < -0.39 is 0 Å². The summed E-state index contributed by atoms with van der Waals surface area (Å²) in [6.07, 6.45) is 5.52. The molecule has 0 bridgehead atoms. The van der Waals surface area contributed by atoms with Gasteiger partial charge < -0.3 is 0 Å². The highest BCUT2D eigenvalue weighted by Gasteiger charge is 2.12. The van der Waals surface area contributed by atoms with Crippen LogP contribution in [0.3, 0.4) is 0 Å². The molecule has 2 rings (SSSR count). The Labute approximate surface area is 81.4 Å². The van der Waals surface area contributed by atoms with E-state index in [1.807, 2.05) is 0 Å². The van der Waals surface area contributed by atoms with Gasteiger partial charge in [-0.05, 0) is 48.6 Å². The molecule has 1 aromatic rings. The maximum Gasteiger partial charge on any atom is 0.0253 e. The van der Waals surface area contributed by atoms with E-state index in [9.17, 15) is 0 Å². The number of fused-ring (bicyclic) bond motifs is 1. The van der Waals surface area contributed by atoms with Crippen molar-refractivity contribution in [2.45, 2.75) is 20.3 Å². The van der Waals surface area contributed by atoms with Gasteiger partial charge in [-0.3, -0.25) is 0 Å². The van der Waals surface area contributed by atoms with Gasteiger partial charge in [0, 0.05) is 4.47 Å². The zero-order valence-electron chi connectivity index (χ0n) is 7.32. The standard InChI is InChI=1S/C11H11Br/c1-7-6-11(12)10-5-3-4-9(10)8(7)2/h3,5-6H,4H2,1-2H3. The maximum absolute atomic E-state index is 3.58. The molecule has 0 N–H and O–H groups in total. The molecular formula is C11H11Br. The Bertz CT molecular complexity index is 362. The average molecular weight is 223 g/mol. The van der Waals surface area contributed by atoms with E-state index in [0.717, 1.165) is 6.42 Å². The third-order valence-electron chi connectivity index (χ3n) is 2.58. The van der Waals surface area contributed by atoms with E-state index in [0.29, 0.717) is 0 Å². The zero-order valence-corrected chi connectivity index (χ0v) is 8.90. The summed E-state index contributed by atoms with van der Waals surface area (Å²) in [6.45, 7) is 4.37. The molecule has 1 aliphatic carbocycles. The lowest BCUT2D eigenvalue weighted by Crippen LogP contribution is -1.92. The Morgan fingerprint density at radius 1 is 1.33 bits per heavy atom. The predicted molar refractivity (Wildman–Crippen MR) is 56.4 cm³/mol. The number of benzene rings is 1. The number of allylic oxidation sites excluding steroid dienone is 1. The lowest BCUT2D eigenvalue weighted by molar-refractivity contribution is 1.19. The van der Waals surface area contributed by atoms with E-state index in [1.54, 1.807) is 0 Å².